The first-order chi connectivity index (χ1) is 7.33. The minimum absolute atomic E-state index is 0.178. The van der Waals surface area contributed by atoms with E-state index in [2.05, 4.69) is 17.6 Å². The third kappa shape index (κ3) is 5.74. The summed E-state index contributed by atoms with van der Waals surface area (Å²) in [5.41, 5.74) is 0. The summed E-state index contributed by atoms with van der Waals surface area (Å²) in [4.78, 5) is 11.4. The van der Waals surface area contributed by atoms with Crippen molar-refractivity contribution in [2.24, 2.45) is 5.92 Å². The number of carbonyl (C=O) groups is 1. The number of ether oxygens (including phenoxy) is 1. The van der Waals surface area contributed by atoms with E-state index in [9.17, 15) is 4.79 Å². The molecule has 1 aliphatic rings. The van der Waals surface area contributed by atoms with Crippen molar-refractivity contribution in [3.05, 3.63) is 0 Å². The first-order valence-electron chi connectivity index (χ1n) is 5.88. The molecule has 1 aliphatic heterocycles. The highest BCUT2D eigenvalue weighted by molar-refractivity contribution is 5.76. The molecule has 0 aliphatic carbocycles. The van der Waals surface area contributed by atoms with Gasteiger partial charge < -0.3 is 15.4 Å². The van der Waals surface area contributed by atoms with Crippen LogP contribution in [0.1, 0.15) is 26.2 Å². The van der Waals surface area contributed by atoms with E-state index in [-0.39, 0.29) is 5.91 Å². The molecule has 1 amide bonds. The predicted molar refractivity (Wildman–Crippen MR) is 59.7 cm³/mol. The number of amides is 1. The van der Waals surface area contributed by atoms with Crippen LogP contribution >= 0.6 is 0 Å². The third-order valence-electron chi connectivity index (χ3n) is 2.48. The summed E-state index contributed by atoms with van der Waals surface area (Å²) in [5, 5.41) is 6.07. The average Bonchev–Trinajstić information content (AvgIpc) is 2.17. The first-order valence-corrected chi connectivity index (χ1v) is 5.88. The topological polar surface area (TPSA) is 50.4 Å². The lowest BCUT2D eigenvalue weighted by atomic mass is 9.99. The van der Waals surface area contributed by atoms with Gasteiger partial charge in [-0.3, -0.25) is 4.79 Å². The molecule has 0 aromatic carbocycles. The standard InChI is InChI=1S/C11H22N2O2/c1-2-5-15-6-3-4-13-11(14)7-10-8-12-9-10/h10,12H,2-9H2,1H3,(H,13,14). The maximum absolute atomic E-state index is 11.4. The fourth-order valence-electron chi connectivity index (χ4n) is 1.48. The molecule has 2 N–H and O–H groups in total. The molecule has 0 saturated carbocycles. The Bertz CT molecular complexity index is 181. The quantitative estimate of drug-likeness (QED) is 0.579. The van der Waals surface area contributed by atoms with Crippen LogP contribution in [-0.2, 0) is 9.53 Å². The summed E-state index contributed by atoms with van der Waals surface area (Å²) in [6.45, 7) is 6.39. The van der Waals surface area contributed by atoms with Crippen molar-refractivity contribution >= 4 is 5.91 Å². The molecule has 0 aromatic heterocycles. The van der Waals surface area contributed by atoms with E-state index in [0.29, 0.717) is 12.3 Å². The maximum atomic E-state index is 11.4. The SMILES string of the molecule is CCCOCCCNC(=O)CC1CNC1. The van der Waals surface area contributed by atoms with Gasteiger partial charge in [0.25, 0.3) is 0 Å². The van der Waals surface area contributed by atoms with E-state index in [1.54, 1.807) is 0 Å². The maximum Gasteiger partial charge on any atom is 0.220 e. The van der Waals surface area contributed by atoms with Crippen molar-refractivity contribution in [1.82, 2.24) is 10.6 Å². The molecule has 1 fully saturated rings. The minimum atomic E-state index is 0.178. The zero-order valence-electron chi connectivity index (χ0n) is 9.55. The molecule has 4 nitrogen and oxygen atoms in total. The van der Waals surface area contributed by atoms with Gasteiger partial charge in [0, 0.05) is 26.2 Å². The minimum Gasteiger partial charge on any atom is -0.381 e. The Hall–Kier alpha value is -0.610. The van der Waals surface area contributed by atoms with Gasteiger partial charge in [-0.15, -0.1) is 0 Å². The van der Waals surface area contributed by atoms with Gasteiger partial charge in [-0.2, -0.15) is 0 Å². The van der Waals surface area contributed by atoms with E-state index >= 15 is 0 Å². The van der Waals surface area contributed by atoms with Gasteiger partial charge >= 0.3 is 0 Å². The second kappa shape index (κ2) is 7.65. The van der Waals surface area contributed by atoms with Crippen molar-refractivity contribution in [3.63, 3.8) is 0 Å². The van der Waals surface area contributed by atoms with Gasteiger partial charge in [-0.05, 0) is 31.8 Å². The van der Waals surface area contributed by atoms with E-state index < -0.39 is 0 Å². The Morgan fingerprint density at radius 3 is 2.87 bits per heavy atom. The van der Waals surface area contributed by atoms with Crippen LogP contribution in [0.3, 0.4) is 0 Å². The highest BCUT2D eigenvalue weighted by Gasteiger charge is 2.19. The summed E-state index contributed by atoms with van der Waals surface area (Å²) in [6, 6.07) is 0. The van der Waals surface area contributed by atoms with Gasteiger partial charge in [-0.25, -0.2) is 0 Å². The van der Waals surface area contributed by atoms with Crippen LogP contribution in [0.15, 0.2) is 0 Å². The third-order valence-corrected chi connectivity index (χ3v) is 2.48. The van der Waals surface area contributed by atoms with Gasteiger partial charge in [0.1, 0.15) is 0 Å². The monoisotopic (exact) mass is 214 g/mol. The zero-order chi connectivity index (χ0) is 10.9. The number of hydrogen-bond donors (Lipinski definition) is 2. The molecule has 0 radical (unpaired) electrons. The number of carbonyl (C=O) groups excluding carboxylic acids is 1. The number of nitrogens with one attached hydrogen (secondary N) is 2. The molecule has 4 heteroatoms. The highest BCUT2D eigenvalue weighted by Crippen LogP contribution is 2.07. The molecule has 0 spiro atoms. The summed E-state index contributed by atoms with van der Waals surface area (Å²) < 4.78 is 5.32. The molecule has 0 bridgehead atoms. The summed E-state index contributed by atoms with van der Waals surface area (Å²) in [5.74, 6) is 0.735. The summed E-state index contributed by atoms with van der Waals surface area (Å²) >= 11 is 0. The Labute approximate surface area is 91.8 Å². The van der Waals surface area contributed by atoms with Crippen molar-refractivity contribution < 1.29 is 9.53 Å². The molecule has 1 rings (SSSR count). The fourth-order valence-corrected chi connectivity index (χ4v) is 1.48. The molecular formula is C11H22N2O2. The summed E-state index contributed by atoms with van der Waals surface area (Å²) in [6.07, 6.45) is 2.64. The van der Waals surface area contributed by atoms with Crippen LogP contribution in [0.5, 0.6) is 0 Å². The second-order valence-electron chi connectivity index (χ2n) is 4.04. The van der Waals surface area contributed by atoms with Crippen molar-refractivity contribution in [2.75, 3.05) is 32.8 Å². The van der Waals surface area contributed by atoms with Crippen LogP contribution in [0, 0.1) is 5.92 Å². The molecular weight excluding hydrogens is 192 g/mol. The lowest BCUT2D eigenvalue weighted by Crippen LogP contribution is -2.44. The molecule has 15 heavy (non-hydrogen) atoms. The summed E-state index contributed by atoms with van der Waals surface area (Å²) in [7, 11) is 0. The molecule has 1 saturated heterocycles. The van der Waals surface area contributed by atoms with Crippen molar-refractivity contribution in [3.8, 4) is 0 Å². The van der Waals surface area contributed by atoms with Crippen molar-refractivity contribution in [1.29, 1.82) is 0 Å². The zero-order valence-corrected chi connectivity index (χ0v) is 9.55. The normalized spacial score (nSPS) is 16.1. The smallest absolute Gasteiger partial charge is 0.220 e. The fraction of sp³-hybridized carbons (Fsp3) is 0.909. The molecule has 88 valence electrons. The van der Waals surface area contributed by atoms with Crippen LogP contribution in [0.4, 0.5) is 0 Å². The number of rotatable bonds is 8. The van der Waals surface area contributed by atoms with Gasteiger partial charge in [0.05, 0.1) is 0 Å². The van der Waals surface area contributed by atoms with E-state index in [1.807, 2.05) is 0 Å². The Balaban J connectivity index is 1.83. The largest absolute Gasteiger partial charge is 0.381 e. The lowest BCUT2D eigenvalue weighted by molar-refractivity contribution is -0.122. The second-order valence-corrected chi connectivity index (χ2v) is 4.04. The van der Waals surface area contributed by atoms with Gasteiger partial charge in [0.2, 0.25) is 5.91 Å². The van der Waals surface area contributed by atoms with Crippen LogP contribution in [0.2, 0.25) is 0 Å². The van der Waals surface area contributed by atoms with Crippen LogP contribution < -0.4 is 10.6 Å². The van der Waals surface area contributed by atoms with Crippen molar-refractivity contribution in [2.45, 2.75) is 26.2 Å². The van der Waals surface area contributed by atoms with E-state index in [4.69, 9.17) is 4.74 Å². The van der Waals surface area contributed by atoms with Gasteiger partial charge in [-0.1, -0.05) is 6.92 Å². The molecule has 1 heterocycles. The molecule has 0 aromatic rings. The first kappa shape index (κ1) is 12.5. The predicted octanol–water partition coefficient (Wildman–Crippen LogP) is 0.529. The lowest BCUT2D eigenvalue weighted by Gasteiger charge is -2.26. The Kier molecular flexibility index (Phi) is 6.36. The van der Waals surface area contributed by atoms with Crippen LogP contribution in [-0.4, -0.2) is 38.8 Å². The van der Waals surface area contributed by atoms with Crippen LogP contribution in [0.25, 0.3) is 0 Å². The average molecular weight is 214 g/mol. The van der Waals surface area contributed by atoms with E-state index in [1.165, 1.54) is 0 Å². The Morgan fingerprint density at radius 1 is 1.47 bits per heavy atom. The van der Waals surface area contributed by atoms with E-state index in [0.717, 1.165) is 45.7 Å². The molecule has 0 atom stereocenters. The Morgan fingerprint density at radius 2 is 2.27 bits per heavy atom. The number of hydrogen-bond acceptors (Lipinski definition) is 3. The molecule has 0 unspecified atom stereocenters. The highest BCUT2D eigenvalue weighted by atomic mass is 16.5. The van der Waals surface area contributed by atoms with Gasteiger partial charge in [0.15, 0.2) is 0 Å².